The molecular formula is C17H31ClN2O2. The molecule has 5 heteroatoms. The molecule has 4 nitrogen and oxygen atoms in total. The average Bonchev–Trinajstić information content (AvgIpc) is 2.94. The number of carbonyl (C=O) groups excluding carboxylic acids is 1. The number of rotatable bonds is 5. The van der Waals surface area contributed by atoms with Crippen LogP contribution >= 0.6 is 12.4 Å². The number of carbonyl (C=O) groups is 1. The Labute approximate surface area is 140 Å². The molecule has 0 bridgehead atoms. The summed E-state index contributed by atoms with van der Waals surface area (Å²) >= 11 is 0. The van der Waals surface area contributed by atoms with E-state index in [0.717, 1.165) is 52.0 Å². The van der Waals surface area contributed by atoms with Gasteiger partial charge in [0.05, 0.1) is 6.10 Å². The standard InChI is InChI=1S/C17H30N2O2.ClH/c1-13(2)4-10-21-14-3-9-19(12-14)16(20)15-11-17(15)5-7-18-8-6-17;/h13-15,18H,3-12H2,1-2H3;1H. The maximum Gasteiger partial charge on any atom is 0.226 e. The van der Waals surface area contributed by atoms with E-state index in [9.17, 15) is 4.79 Å². The summed E-state index contributed by atoms with van der Waals surface area (Å²) in [7, 11) is 0. The Morgan fingerprint density at radius 2 is 2.09 bits per heavy atom. The van der Waals surface area contributed by atoms with Crippen LogP contribution in [0.4, 0.5) is 0 Å². The molecule has 1 amide bonds. The molecule has 0 aromatic carbocycles. The Bertz CT molecular complexity index is 383. The number of nitrogens with one attached hydrogen (secondary N) is 1. The molecule has 1 saturated carbocycles. The van der Waals surface area contributed by atoms with Crippen molar-refractivity contribution in [3.05, 3.63) is 0 Å². The van der Waals surface area contributed by atoms with Crippen molar-refractivity contribution in [2.24, 2.45) is 17.3 Å². The van der Waals surface area contributed by atoms with Crippen molar-refractivity contribution in [3.63, 3.8) is 0 Å². The van der Waals surface area contributed by atoms with Crippen LogP contribution in [0.5, 0.6) is 0 Å². The molecule has 2 heterocycles. The number of halogens is 1. The molecule has 0 aromatic heterocycles. The molecule has 22 heavy (non-hydrogen) atoms. The van der Waals surface area contributed by atoms with E-state index in [2.05, 4.69) is 24.1 Å². The maximum absolute atomic E-state index is 12.7. The quantitative estimate of drug-likeness (QED) is 0.842. The van der Waals surface area contributed by atoms with E-state index in [-0.39, 0.29) is 18.5 Å². The highest BCUT2D eigenvalue weighted by Gasteiger charge is 2.58. The van der Waals surface area contributed by atoms with Gasteiger partial charge in [-0.3, -0.25) is 4.79 Å². The van der Waals surface area contributed by atoms with Crippen molar-refractivity contribution in [2.75, 3.05) is 32.8 Å². The molecule has 1 N–H and O–H groups in total. The minimum absolute atomic E-state index is 0. The molecule has 1 spiro atoms. The molecule has 1 aliphatic carbocycles. The molecule has 3 rings (SSSR count). The second-order valence-electron chi connectivity index (χ2n) is 7.62. The van der Waals surface area contributed by atoms with Gasteiger partial charge in [0.2, 0.25) is 5.91 Å². The lowest BCUT2D eigenvalue weighted by Crippen LogP contribution is -2.36. The van der Waals surface area contributed by atoms with Crippen LogP contribution < -0.4 is 5.32 Å². The summed E-state index contributed by atoms with van der Waals surface area (Å²) in [4.78, 5) is 14.7. The Morgan fingerprint density at radius 1 is 1.36 bits per heavy atom. The predicted molar refractivity (Wildman–Crippen MR) is 90.3 cm³/mol. The van der Waals surface area contributed by atoms with Crippen molar-refractivity contribution in [1.82, 2.24) is 10.2 Å². The third-order valence-corrected chi connectivity index (χ3v) is 5.59. The number of ether oxygens (including phenoxy) is 1. The Morgan fingerprint density at radius 3 is 2.77 bits per heavy atom. The van der Waals surface area contributed by atoms with Crippen LogP contribution in [0.15, 0.2) is 0 Å². The van der Waals surface area contributed by atoms with Crippen molar-refractivity contribution in [1.29, 1.82) is 0 Å². The van der Waals surface area contributed by atoms with E-state index < -0.39 is 0 Å². The highest BCUT2D eigenvalue weighted by molar-refractivity contribution is 5.85. The number of nitrogens with zero attached hydrogens (tertiary/aromatic N) is 1. The lowest BCUT2D eigenvalue weighted by atomic mass is 9.91. The molecule has 2 saturated heterocycles. The number of amides is 1. The largest absolute Gasteiger partial charge is 0.376 e. The average molecular weight is 331 g/mol. The van der Waals surface area contributed by atoms with Crippen LogP contribution in [0.25, 0.3) is 0 Å². The second kappa shape index (κ2) is 7.50. The SMILES string of the molecule is CC(C)CCOC1CCN(C(=O)C2CC23CCNCC3)C1.Cl. The topological polar surface area (TPSA) is 41.6 Å². The summed E-state index contributed by atoms with van der Waals surface area (Å²) < 4.78 is 5.93. The van der Waals surface area contributed by atoms with Gasteiger partial charge in [-0.1, -0.05) is 13.8 Å². The second-order valence-corrected chi connectivity index (χ2v) is 7.62. The highest BCUT2D eigenvalue weighted by Crippen LogP contribution is 2.59. The highest BCUT2D eigenvalue weighted by atomic mass is 35.5. The lowest BCUT2D eigenvalue weighted by molar-refractivity contribution is -0.133. The Balaban J connectivity index is 0.00000176. The van der Waals surface area contributed by atoms with Crippen molar-refractivity contribution >= 4 is 18.3 Å². The van der Waals surface area contributed by atoms with Crippen molar-refractivity contribution < 1.29 is 9.53 Å². The van der Waals surface area contributed by atoms with Crippen LogP contribution in [0, 0.1) is 17.3 Å². The summed E-state index contributed by atoms with van der Waals surface area (Å²) in [5, 5.41) is 3.40. The zero-order valence-electron chi connectivity index (χ0n) is 14.0. The molecular weight excluding hydrogens is 300 g/mol. The van der Waals surface area contributed by atoms with Gasteiger partial charge in [0.25, 0.3) is 0 Å². The lowest BCUT2D eigenvalue weighted by Gasteiger charge is -2.25. The van der Waals surface area contributed by atoms with E-state index >= 15 is 0 Å². The van der Waals surface area contributed by atoms with Gasteiger partial charge < -0.3 is 15.0 Å². The van der Waals surface area contributed by atoms with E-state index in [1.54, 1.807) is 0 Å². The summed E-state index contributed by atoms with van der Waals surface area (Å²) in [5.41, 5.74) is 0.360. The molecule has 0 aromatic rings. The third kappa shape index (κ3) is 3.95. The molecule has 0 radical (unpaired) electrons. The Hall–Kier alpha value is -0.320. The van der Waals surface area contributed by atoms with Crippen LogP contribution in [0.2, 0.25) is 0 Å². The van der Waals surface area contributed by atoms with E-state index in [1.165, 1.54) is 12.8 Å². The van der Waals surface area contributed by atoms with E-state index in [4.69, 9.17) is 4.74 Å². The molecule has 2 atom stereocenters. The molecule has 128 valence electrons. The monoisotopic (exact) mass is 330 g/mol. The fraction of sp³-hybridized carbons (Fsp3) is 0.941. The van der Waals surface area contributed by atoms with Crippen LogP contribution in [0.1, 0.15) is 46.0 Å². The fourth-order valence-corrected chi connectivity index (χ4v) is 3.93. The number of likely N-dealkylation sites (tertiary alicyclic amines) is 1. The zero-order chi connectivity index (χ0) is 14.9. The first-order valence-electron chi connectivity index (χ1n) is 8.72. The van der Waals surface area contributed by atoms with Gasteiger partial charge in [0, 0.05) is 25.6 Å². The fourth-order valence-electron chi connectivity index (χ4n) is 3.93. The summed E-state index contributed by atoms with van der Waals surface area (Å²) in [6, 6.07) is 0. The van der Waals surface area contributed by atoms with E-state index in [0.29, 0.717) is 23.2 Å². The molecule has 3 fully saturated rings. The van der Waals surface area contributed by atoms with Gasteiger partial charge in [-0.15, -0.1) is 12.4 Å². The minimum atomic E-state index is 0. The van der Waals surface area contributed by atoms with Gasteiger partial charge in [0.1, 0.15) is 0 Å². The summed E-state index contributed by atoms with van der Waals surface area (Å²) in [5.74, 6) is 1.41. The van der Waals surface area contributed by atoms with Gasteiger partial charge in [-0.2, -0.15) is 0 Å². The van der Waals surface area contributed by atoms with Gasteiger partial charge in [0.15, 0.2) is 0 Å². The summed E-state index contributed by atoms with van der Waals surface area (Å²) in [6.07, 6.45) is 5.91. The Kier molecular flexibility index (Phi) is 6.14. The van der Waals surface area contributed by atoms with Crippen LogP contribution in [-0.2, 0) is 9.53 Å². The molecule has 3 aliphatic rings. The van der Waals surface area contributed by atoms with Crippen LogP contribution in [0.3, 0.4) is 0 Å². The van der Waals surface area contributed by atoms with Crippen molar-refractivity contribution in [2.45, 2.75) is 52.1 Å². The summed E-state index contributed by atoms with van der Waals surface area (Å²) in [6.45, 7) is 9.18. The van der Waals surface area contributed by atoms with Crippen molar-refractivity contribution in [3.8, 4) is 0 Å². The van der Waals surface area contributed by atoms with E-state index in [1.807, 2.05) is 0 Å². The minimum Gasteiger partial charge on any atom is -0.376 e. The first kappa shape index (κ1) is 18.0. The third-order valence-electron chi connectivity index (χ3n) is 5.59. The van der Waals surface area contributed by atoms with Crippen LogP contribution in [-0.4, -0.2) is 49.7 Å². The number of piperidine rings is 1. The maximum atomic E-state index is 12.7. The van der Waals surface area contributed by atoms with Gasteiger partial charge >= 0.3 is 0 Å². The first-order valence-corrected chi connectivity index (χ1v) is 8.72. The number of hydrogen-bond acceptors (Lipinski definition) is 3. The smallest absolute Gasteiger partial charge is 0.226 e. The normalized spacial score (nSPS) is 29.7. The predicted octanol–water partition coefficient (Wildman–Crippen LogP) is 2.46. The number of hydrogen-bond donors (Lipinski definition) is 1. The van der Waals surface area contributed by atoms with Gasteiger partial charge in [-0.05, 0) is 56.5 Å². The molecule has 2 unspecified atom stereocenters. The molecule has 2 aliphatic heterocycles. The first-order chi connectivity index (χ1) is 10.1. The zero-order valence-corrected chi connectivity index (χ0v) is 14.8. The van der Waals surface area contributed by atoms with Gasteiger partial charge in [-0.25, -0.2) is 0 Å².